The molecule has 0 atom stereocenters. The van der Waals surface area contributed by atoms with Crippen LogP contribution >= 0.6 is 0 Å². The van der Waals surface area contributed by atoms with Crippen LogP contribution in [0.3, 0.4) is 0 Å². The molecule has 1 rings (SSSR count). The summed E-state index contributed by atoms with van der Waals surface area (Å²) in [5.74, 6) is 0.354. The van der Waals surface area contributed by atoms with Crippen LogP contribution in [0.15, 0.2) is 6.07 Å². The smallest absolute Gasteiger partial charge is 0.121 e. The number of phenolic OH excluding ortho intramolecular Hbond substituents is 1. The van der Waals surface area contributed by atoms with Gasteiger partial charge in [0, 0.05) is 0 Å². The van der Waals surface area contributed by atoms with E-state index in [-0.39, 0.29) is 6.61 Å². The highest BCUT2D eigenvalue weighted by molar-refractivity contribution is 5.48. The molecular formula is C11H15O2. The maximum absolute atomic E-state index is 10.5. The molecule has 0 spiro atoms. The van der Waals surface area contributed by atoms with E-state index in [0.717, 1.165) is 22.3 Å². The first-order valence-corrected chi connectivity index (χ1v) is 4.44. The third-order valence-corrected chi connectivity index (χ3v) is 2.54. The van der Waals surface area contributed by atoms with Crippen LogP contribution < -0.4 is 0 Å². The highest BCUT2D eigenvalue weighted by Crippen LogP contribution is 2.27. The van der Waals surface area contributed by atoms with Gasteiger partial charge in [-0.1, -0.05) is 6.07 Å². The lowest BCUT2D eigenvalue weighted by molar-refractivity contribution is 0.197. The zero-order valence-electron chi connectivity index (χ0n) is 8.35. The third-order valence-electron chi connectivity index (χ3n) is 2.54. The van der Waals surface area contributed by atoms with Crippen LogP contribution in [0.25, 0.3) is 0 Å². The second-order valence-electron chi connectivity index (χ2n) is 3.41. The Hall–Kier alpha value is -1.02. The highest BCUT2D eigenvalue weighted by Gasteiger charge is 2.08. The number of aromatic hydroxyl groups is 1. The summed E-state index contributed by atoms with van der Waals surface area (Å²) in [4.78, 5) is 0. The molecule has 1 aromatic carbocycles. The summed E-state index contributed by atoms with van der Waals surface area (Å²) < 4.78 is 0. The molecule has 1 aromatic rings. The van der Waals surface area contributed by atoms with E-state index in [9.17, 15) is 10.2 Å². The van der Waals surface area contributed by atoms with Crippen LogP contribution in [0.1, 0.15) is 22.3 Å². The van der Waals surface area contributed by atoms with Crippen LogP contribution in [0.2, 0.25) is 0 Å². The van der Waals surface area contributed by atoms with Crippen LogP contribution in [-0.2, 0) is 11.5 Å². The molecule has 2 heteroatoms. The summed E-state index contributed by atoms with van der Waals surface area (Å²) in [6, 6.07) is 1.90. The minimum atomic E-state index is -0.0928. The van der Waals surface area contributed by atoms with Gasteiger partial charge in [0.2, 0.25) is 0 Å². The van der Waals surface area contributed by atoms with Gasteiger partial charge in [-0.2, -0.15) is 0 Å². The molecule has 0 saturated carbocycles. The lowest BCUT2D eigenvalue weighted by atomic mass is 9.97. The maximum Gasteiger partial charge on any atom is 0.121 e. The van der Waals surface area contributed by atoms with Gasteiger partial charge in [0.05, 0.1) is 6.61 Å². The maximum atomic E-state index is 10.5. The number of hydrogen-bond acceptors (Lipinski definition) is 1. The Bertz CT molecular complexity index is 316. The fourth-order valence-corrected chi connectivity index (χ4v) is 1.52. The number of hydrogen-bond donors (Lipinski definition) is 1. The molecule has 0 aliphatic carbocycles. The van der Waals surface area contributed by atoms with Gasteiger partial charge in [-0.3, -0.25) is 0 Å². The lowest BCUT2D eigenvalue weighted by Gasteiger charge is -2.11. The van der Waals surface area contributed by atoms with Gasteiger partial charge in [-0.05, 0) is 49.4 Å². The molecule has 1 N–H and O–H groups in total. The summed E-state index contributed by atoms with van der Waals surface area (Å²) >= 11 is 0. The Morgan fingerprint density at radius 2 is 1.85 bits per heavy atom. The monoisotopic (exact) mass is 179 g/mol. The second kappa shape index (κ2) is 3.79. The van der Waals surface area contributed by atoms with E-state index in [1.807, 2.05) is 26.8 Å². The fourth-order valence-electron chi connectivity index (χ4n) is 1.52. The fraction of sp³-hybridized carbons (Fsp3) is 0.455. The van der Waals surface area contributed by atoms with E-state index in [0.29, 0.717) is 12.2 Å². The molecule has 0 amide bonds. The van der Waals surface area contributed by atoms with Gasteiger partial charge in [0.1, 0.15) is 5.75 Å². The van der Waals surface area contributed by atoms with Crippen molar-refractivity contribution >= 4 is 0 Å². The molecule has 0 saturated heterocycles. The summed E-state index contributed by atoms with van der Waals surface area (Å²) in [6.45, 7) is 5.59. The van der Waals surface area contributed by atoms with Gasteiger partial charge in [-0.15, -0.1) is 0 Å². The van der Waals surface area contributed by atoms with Crippen molar-refractivity contribution < 1.29 is 10.2 Å². The van der Waals surface area contributed by atoms with E-state index in [2.05, 4.69) is 0 Å². The number of aryl methyl sites for hydroxylation is 1. The zero-order valence-corrected chi connectivity index (χ0v) is 8.35. The van der Waals surface area contributed by atoms with Crippen molar-refractivity contribution in [3.8, 4) is 5.75 Å². The van der Waals surface area contributed by atoms with E-state index in [4.69, 9.17) is 0 Å². The Balaban J connectivity index is 3.24. The molecule has 71 valence electrons. The van der Waals surface area contributed by atoms with Gasteiger partial charge in [0.25, 0.3) is 0 Å². The van der Waals surface area contributed by atoms with Crippen molar-refractivity contribution in [1.29, 1.82) is 0 Å². The quantitative estimate of drug-likeness (QED) is 0.743. The van der Waals surface area contributed by atoms with Crippen molar-refractivity contribution in [3.05, 3.63) is 28.3 Å². The molecule has 0 bridgehead atoms. The zero-order chi connectivity index (χ0) is 10.0. The SMILES string of the molecule is Cc1cc(CC[O])c(C)c(C)c1O. The average molecular weight is 179 g/mol. The molecule has 0 aromatic heterocycles. The van der Waals surface area contributed by atoms with Crippen LogP contribution in [0, 0.1) is 20.8 Å². The van der Waals surface area contributed by atoms with Crippen LogP contribution in [-0.4, -0.2) is 11.7 Å². The predicted molar refractivity (Wildman–Crippen MR) is 51.6 cm³/mol. The summed E-state index contributed by atoms with van der Waals surface area (Å²) in [5, 5.41) is 20.1. The Morgan fingerprint density at radius 1 is 1.23 bits per heavy atom. The molecule has 2 nitrogen and oxygen atoms in total. The van der Waals surface area contributed by atoms with E-state index < -0.39 is 0 Å². The Labute approximate surface area is 78.8 Å². The minimum absolute atomic E-state index is 0.0928. The summed E-state index contributed by atoms with van der Waals surface area (Å²) in [7, 11) is 0. The first kappa shape index (κ1) is 10.1. The molecule has 0 heterocycles. The van der Waals surface area contributed by atoms with Crippen molar-refractivity contribution in [1.82, 2.24) is 0 Å². The largest absolute Gasteiger partial charge is 0.507 e. The average Bonchev–Trinajstić information content (AvgIpc) is 2.11. The van der Waals surface area contributed by atoms with E-state index in [1.165, 1.54) is 0 Å². The minimum Gasteiger partial charge on any atom is -0.507 e. The molecule has 1 radical (unpaired) electrons. The van der Waals surface area contributed by atoms with Gasteiger partial charge in [-0.25, -0.2) is 5.11 Å². The standard InChI is InChI=1S/C11H15O2/c1-7-6-10(4-5-12)8(2)9(3)11(7)13/h6,13H,4-5H2,1-3H3. The van der Waals surface area contributed by atoms with Gasteiger partial charge >= 0.3 is 0 Å². The molecule has 13 heavy (non-hydrogen) atoms. The molecular weight excluding hydrogens is 164 g/mol. The number of phenols is 1. The molecule has 0 aliphatic heterocycles. The highest BCUT2D eigenvalue weighted by atomic mass is 16.3. The van der Waals surface area contributed by atoms with E-state index >= 15 is 0 Å². The lowest BCUT2D eigenvalue weighted by Crippen LogP contribution is -1.97. The number of benzene rings is 1. The topological polar surface area (TPSA) is 40.1 Å². The second-order valence-corrected chi connectivity index (χ2v) is 3.41. The van der Waals surface area contributed by atoms with Crippen molar-refractivity contribution in [2.75, 3.05) is 6.61 Å². The third kappa shape index (κ3) is 1.83. The van der Waals surface area contributed by atoms with Crippen LogP contribution in [0.4, 0.5) is 0 Å². The van der Waals surface area contributed by atoms with Crippen molar-refractivity contribution in [3.63, 3.8) is 0 Å². The predicted octanol–water partition coefficient (Wildman–Crippen LogP) is 2.29. The molecule has 0 fully saturated rings. The summed E-state index contributed by atoms with van der Waals surface area (Å²) in [5.41, 5.74) is 3.84. The van der Waals surface area contributed by atoms with Crippen molar-refractivity contribution in [2.45, 2.75) is 27.2 Å². The normalized spacial score (nSPS) is 10.5. The molecule has 0 unspecified atom stereocenters. The first-order chi connectivity index (χ1) is 6.07. The van der Waals surface area contributed by atoms with Crippen molar-refractivity contribution in [2.24, 2.45) is 0 Å². The Morgan fingerprint density at radius 3 is 2.38 bits per heavy atom. The summed E-state index contributed by atoms with van der Waals surface area (Å²) in [6.07, 6.45) is 0.549. The first-order valence-electron chi connectivity index (χ1n) is 4.44. The Kier molecular flexibility index (Phi) is 2.94. The van der Waals surface area contributed by atoms with Crippen LogP contribution in [0.5, 0.6) is 5.75 Å². The van der Waals surface area contributed by atoms with Gasteiger partial charge < -0.3 is 5.11 Å². The van der Waals surface area contributed by atoms with Gasteiger partial charge in [0.15, 0.2) is 0 Å². The molecule has 0 aliphatic rings. The number of rotatable bonds is 2. The van der Waals surface area contributed by atoms with E-state index in [1.54, 1.807) is 0 Å².